The van der Waals surface area contributed by atoms with Crippen LogP contribution in [-0.4, -0.2) is 53.2 Å². The summed E-state index contributed by atoms with van der Waals surface area (Å²) in [6.45, 7) is 2.59. The minimum atomic E-state index is -1.01. The number of hydrazine groups is 1. The molecule has 1 heterocycles. The predicted molar refractivity (Wildman–Crippen MR) is 91.6 cm³/mol. The van der Waals surface area contributed by atoms with Crippen molar-refractivity contribution in [2.45, 2.75) is 38.3 Å². The highest BCUT2D eigenvalue weighted by Crippen LogP contribution is 2.06. The monoisotopic (exact) mass is 348 g/mol. The number of carboxylic acids is 1. The molecule has 1 aliphatic heterocycles. The first-order valence-corrected chi connectivity index (χ1v) is 8.36. The van der Waals surface area contributed by atoms with E-state index in [4.69, 9.17) is 0 Å². The van der Waals surface area contributed by atoms with Crippen LogP contribution in [0.5, 0.6) is 0 Å². The number of urea groups is 1. The second kappa shape index (κ2) is 9.03. The Balaban J connectivity index is 1.86. The van der Waals surface area contributed by atoms with Gasteiger partial charge in [-0.15, -0.1) is 0 Å². The second-order valence-corrected chi connectivity index (χ2v) is 6.02. The summed E-state index contributed by atoms with van der Waals surface area (Å²) in [5.74, 6) is -1.45. The van der Waals surface area contributed by atoms with Crippen molar-refractivity contribution in [3.05, 3.63) is 35.9 Å². The minimum Gasteiger partial charge on any atom is -0.480 e. The molecule has 0 bridgehead atoms. The zero-order chi connectivity index (χ0) is 18.2. The molecule has 1 aliphatic rings. The molecular weight excluding hydrogens is 324 g/mol. The quantitative estimate of drug-likeness (QED) is 0.547. The number of carboxylic acid groups (broad SMARTS) is 1. The van der Waals surface area contributed by atoms with Crippen molar-refractivity contribution in [1.29, 1.82) is 0 Å². The molecule has 1 aromatic rings. The summed E-state index contributed by atoms with van der Waals surface area (Å²) in [6, 6.07) is 7.62. The number of carbonyl (C=O) groups excluding carboxylic acids is 2. The van der Waals surface area contributed by atoms with Gasteiger partial charge in [-0.25, -0.2) is 9.80 Å². The normalized spacial score (nSPS) is 16.7. The highest BCUT2D eigenvalue weighted by atomic mass is 16.4. The molecule has 2 rings (SSSR count). The average molecular weight is 348 g/mol. The molecule has 0 unspecified atom stereocenters. The number of nitrogens with zero attached hydrogens (tertiary/aromatic N) is 1. The summed E-state index contributed by atoms with van der Waals surface area (Å²) in [5.41, 5.74) is 3.55. The van der Waals surface area contributed by atoms with Gasteiger partial charge in [0.25, 0.3) is 5.91 Å². The first kappa shape index (κ1) is 18.7. The van der Waals surface area contributed by atoms with Crippen molar-refractivity contribution in [3.63, 3.8) is 0 Å². The molecule has 3 amide bonds. The van der Waals surface area contributed by atoms with Crippen molar-refractivity contribution in [2.24, 2.45) is 0 Å². The summed E-state index contributed by atoms with van der Waals surface area (Å²) in [7, 11) is 0. The van der Waals surface area contributed by atoms with Crippen LogP contribution in [0.3, 0.4) is 0 Å². The van der Waals surface area contributed by atoms with Gasteiger partial charge in [0, 0.05) is 13.1 Å². The van der Waals surface area contributed by atoms with Crippen LogP contribution in [0.2, 0.25) is 0 Å². The van der Waals surface area contributed by atoms with Crippen molar-refractivity contribution in [1.82, 2.24) is 21.1 Å². The lowest BCUT2D eigenvalue weighted by Crippen LogP contribution is -2.59. The van der Waals surface area contributed by atoms with Gasteiger partial charge in [0.15, 0.2) is 0 Å². The van der Waals surface area contributed by atoms with Crippen LogP contribution >= 0.6 is 0 Å². The Morgan fingerprint density at radius 3 is 2.68 bits per heavy atom. The van der Waals surface area contributed by atoms with E-state index in [2.05, 4.69) is 16.1 Å². The third-order valence-electron chi connectivity index (χ3n) is 4.03. The van der Waals surface area contributed by atoms with E-state index in [1.807, 2.05) is 30.3 Å². The fraction of sp³-hybridized carbons (Fsp3) is 0.471. The third-order valence-corrected chi connectivity index (χ3v) is 4.03. The number of benzene rings is 1. The van der Waals surface area contributed by atoms with E-state index in [1.54, 1.807) is 6.92 Å². The predicted octanol–water partition coefficient (Wildman–Crippen LogP) is 0.497. The molecule has 1 fully saturated rings. The maximum Gasteiger partial charge on any atom is 0.336 e. The Morgan fingerprint density at radius 1 is 1.32 bits per heavy atom. The number of carbonyl (C=O) groups is 3. The molecule has 0 spiro atoms. The van der Waals surface area contributed by atoms with Crippen LogP contribution in [0.1, 0.15) is 25.3 Å². The summed E-state index contributed by atoms with van der Waals surface area (Å²) in [6.07, 6.45) is 1.69. The van der Waals surface area contributed by atoms with Crippen molar-refractivity contribution in [3.8, 4) is 0 Å². The van der Waals surface area contributed by atoms with Gasteiger partial charge in [0.05, 0.1) is 6.04 Å². The van der Waals surface area contributed by atoms with E-state index < -0.39 is 24.0 Å². The molecule has 2 atom stereocenters. The van der Waals surface area contributed by atoms with Crippen molar-refractivity contribution in [2.75, 3.05) is 13.1 Å². The summed E-state index contributed by atoms with van der Waals surface area (Å²) < 4.78 is 0. The maximum atomic E-state index is 12.2. The SMILES string of the molecule is C[C@H](N[C@@H](CCc1ccccc1)C(=O)O)C(=O)NN1CCCNC1=O. The number of aryl methyl sites for hydroxylation is 1. The highest BCUT2D eigenvalue weighted by Gasteiger charge is 2.26. The largest absolute Gasteiger partial charge is 0.480 e. The van der Waals surface area contributed by atoms with Gasteiger partial charge >= 0.3 is 12.0 Å². The molecule has 4 N–H and O–H groups in total. The molecule has 0 radical (unpaired) electrons. The Labute approximate surface area is 146 Å². The number of hydrogen-bond donors (Lipinski definition) is 4. The van der Waals surface area contributed by atoms with Gasteiger partial charge in [-0.3, -0.25) is 20.3 Å². The van der Waals surface area contributed by atoms with Gasteiger partial charge < -0.3 is 10.4 Å². The van der Waals surface area contributed by atoms with Crippen LogP contribution in [-0.2, 0) is 16.0 Å². The minimum absolute atomic E-state index is 0.356. The van der Waals surface area contributed by atoms with Crippen LogP contribution in [0, 0.1) is 0 Å². The fourth-order valence-corrected chi connectivity index (χ4v) is 2.58. The zero-order valence-corrected chi connectivity index (χ0v) is 14.2. The number of hydrogen-bond acceptors (Lipinski definition) is 4. The number of aliphatic carboxylic acids is 1. The molecule has 8 heteroatoms. The van der Waals surface area contributed by atoms with E-state index in [0.717, 1.165) is 12.0 Å². The van der Waals surface area contributed by atoms with E-state index in [-0.39, 0.29) is 6.03 Å². The first-order valence-electron chi connectivity index (χ1n) is 8.36. The standard InChI is InChI=1S/C17H24N4O4/c1-12(15(22)20-21-11-5-10-18-17(21)25)19-14(16(23)24)9-8-13-6-3-2-4-7-13/h2-4,6-7,12,14,19H,5,8-11H2,1H3,(H,18,25)(H,20,22)(H,23,24)/t12-,14-/m0/s1. The smallest absolute Gasteiger partial charge is 0.336 e. The van der Waals surface area contributed by atoms with Crippen molar-refractivity contribution < 1.29 is 19.5 Å². The third kappa shape index (κ3) is 5.75. The average Bonchev–Trinajstić information content (AvgIpc) is 2.61. The molecule has 0 aliphatic carbocycles. The van der Waals surface area contributed by atoms with Crippen molar-refractivity contribution >= 4 is 17.9 Å². The lowest BCUT2D eigenvalue weighted by molar-refractivity contribution is -0.140. The molecular formula is C17H24N4O4. The second-order valence-electron chi connectivity index (χ2n) is 6.02. The Morgan fingerprint density at radius 2 is 2.04 bits per heavy atom. The number of amides is 3. The number of rotatable bonds is 8. The molecule has 0 aromatic heterocycles. The van der Waals surface area contributed by atoms with E-state index in [1.165, 1.54) is 5.01 Å². The first-order chi connectivity index (χ1) is 12.0. The van der Waals surface area contributed by atoms with E-state index in [0.29, 0.717) is 25.9 Å². The highest BCUT2D eigenvalue weighted by molar-refractivity contribution is 5.85. The molecule has 8 nitrogen and oxygen atoms in total. The molecule has 0 saturated carbocycles. The molecule has 25 heavy (non-hydrogen) atoms. The van der Waals surface area contributed by atoms with Crippen LogP contribution < -0.4 is 16.1 Å². The van der Waals surface area contributed by atoms with E-state index >= 15 is 0 Å². The van der Waals surface area contributed by atoms with E-state index in [9.17, 15) is 19.5 Å². The Bertz CT molecular complexity index is 608. The van der Waals surface area contributed by atoms with Crippen LogP contribution in [0.4, 0.5) is 4.79 Å². The molecule has 1 saturated heterocycles. The fourth-order valence-electron chi connectivity index (χ4n) is 2.58. The van der Waals surface area contributed by atoms with Gasteiger partial charge in [0.2, 0.25) is 0 Å². The van der Waals surface area contributed by atoms with Gasteiger partial charge in [0.1, 0.15) is 6.04 Å². The lowest BCUT2D eigenvalue weighted by Gasteiger charge is -2.29. The summed E-state index contributed by atoms with van der Waals surface area (Å²) in [4.78, 5) is 35.3. The zero-order valence-electron chi connectivity index (χ0n) is 14.2. The van der Waals surface area contributed by atoms with Crippen LogP contribution in [0.15, 0.2) is 30.3 Å². The summed E-state index contributed by atoms with van der Waals surface area (Å²) >= 11 is 0. The van der Waals surface area contributed by atoms with Crippen LogP contribution in [0.25, 0.3) is 0 Å². The van der Waals surface area contributed by atoms with Gasteiger partial charge in [-0.05, 0) is 31.7 Å². The summed E-state index contributed by atoms with van der Waals surface area (Å²) in [5, 5.41) is 16.0. The Kier molecular flexibility index (Phi) is 6.76. The lowest BCUT2D eigenvalue weighted by atomic mass is 10.0. The van der Waals surface area contributed by atoms with Gasteiger partial charge in [-0.2, -0.15) is 0 Å². The number of nitrogens with one attached hydrogen (secondary N) is 3. The molecule has 1 aromatic carbocycles. The maximum absolute atomic E-state index is 12.2. The molecule has 136 valence electrons. The van der Waals surface area contributed by atoms with Gasteiger partial charge in [-0.1, -0.05) is 30.3 Å². The Hall–Kier alpha value is -2.61. The topological polar surface area (TPSA) is 111 Å².